The molecular weight excluding hydrogens is 354 g/mol. The van der Waals surface area contributed by atoms with E-state index in [2.05, 4.69) is 23.0 Å². The van der Waals surface area contributed by atoms with E-state index in [4.69, 9.17) is 9.47 Å². The van der Waals surface area contributed by atoms with Crippen LogP contribution in [-0.2, 0) is 13.1 Å². The van der Waals surface area contributed by atoms with E-state index in [-0.39, 0.29) is 6.10 Å². The summed E-state index contributed by atoms with van der Waals surface area (Å²) in [5, 5.41) is 9.89. The number of benzene rings is 1. The van der Waals surface area contributed by atoms with Gasteiger partial charge in [-0.05, 0) is 50.6 Å². The Morgan fingerprint density at radius 2 is 2.00 bits per heavy atom. The van der Waals surface area contributed by atoms with E-state index in [0.29, 0.717) is 24.5 Å². The molecule has 6 heteroatoms. The van der Waals surface area contributed by atoms with Crippen LogP contribution in [0.1, 0.15) is 31.2 Å². The molecule has 0 saturated heterocycles. The Kier molecular flexibility index (Phi) is 5.87. The average molecular weight is 386 g/mol. The number of hydrogen-bond acceptors (Lipinski definition) is 5. The summed E-state index contributed by atoms with van der Waals surface area (Å²) in [6.45, 7) is 2.16. The van der Waals surface area contributed by atoms with Crippen LogP contribution in [0.2, 0.25) is 0 Å². The average Bonchev–Trinajstić information content (AvgIpc) is 3.39. The van der Waals surface area contributed by atoms with Crippen LogP contribution in [-0.4, -0.2) is 52.5 Å². The van der Waals surface area contributed by atoms with Crippen LogP contribution in [0.3, 0.4) is 0 Å². The number of aliphatic hydroxyl groups is 1. The normalized spacial score (nSPS) is 26.6. The number of ether oxygens (including phenoxy) is 2. The van der Waals surface area contributed by atoms with Gasteiger partial charge in [0.15, 0.2) is 11.5 Å². The summed E-state index contributed by atoms with van der Waals surface area (Å²) in [5.74, 6) is 3.01. The summed E-state index contributed by atoms with van der Waals surface area (Å²) < 4.78 is 13.7. The standard InChI is InChI=1S/C22H31N3O3/c1-24(19-10-17-12-20(26)13-18(17)11-19)14-16-4-3-5-21(27-2)22(16)28-9-8-25-7-6-23-15-25/h3-7,15,17-20,26H,8-14H2,1-2H3/t17-,18+,19?,20?. The van der Waals surface area contributed by atoms with Crippen molar-refractivity contribution in [3.63, 3.8) is 0 Å². The molecule has 0 amide bonds. The number of aromatic nitrogens is 2. The zero-order valence-corrected chi connectivity index (χ0v) is 16.8. The van der Waals surface area contributed by atoms with Crippen molar-refractivity contribution < 1.29 is 14.6 Å². The largest absolute Gasteiger partial charge is 0.493 e. The molecule has 0 bridgehead atoms. The summed E-state index contributed by atoms with van der Waals surface area (Å²) in [6, 6.07) is 6.69. The van der Waals surface area contributed by atoms with Crippen LogP contribution in [0.15, 0.2) is 36.9 Å². The molecule has 152 valence electrons. The molecule has 2 saturated carbocycles. The molecule has 1 aromatic carbocycles. The van der Waals surface area contributed by atoms with Gasteiger partial charge < -0.3 is 19.1 Å². The predicted molar refractivity (Wildman–Crippen MR) is 107 cm³/mol. The second-order valence-corrected chi connectivity index (χ2v) is 8.28. The smallest absolute Gasteiger partial charge is 0.165 e. The molecule has 1 N–H and O–H groups in total. The van der Waals surface area contributed by atoms with Gasteiger partial charge in [0.1, 0.15) is 6.61 Å². The fourth-order valence-corrected chi connectivity index (χ4v) is 4.99. The number of nitrogens with zero attached hydrogens (tertiary/aromatic N) is 3. The minimum absolute atomic E-state index is 0.0739. The van der Waals surface area contributed by atoms with Gasteiger partial charge in [-0.25, -0.2) is 4.98 Å². The molecule has 2 fully saturated rings. The highest BCUT2D eigenvalue weighted by molar-refractivity contribution is 5.46. The van der Waals surface area contributed by atoms with Crippen LogP contribution >= 0.6 is 0 Å². The Labute approximate surface area is 167 Å². The van der Waals surface area contributed by atoms with E-state index in [1.807, 2.05) is 22.9 Å². The Hall–Kier alpha value is -2.05. The Bertz CT molecular complexity index is 750. The van der Waals surface area contributed by atoms with Crippen LogP contribution in [0.25, 0.3) is 0 Å². The maximum absolute atomic E-state index is 9.89. The summed E-state index contributed by atoms with van der Waals surface area (Å²) in [4.78, 5) is 6.52. The number of hydrogen-bond donors (Lipinski definition) is 1. The van der Waals surface area contributed by atoms with Gasteiger partial charge in [0.05, 0.1) is 26.1 Å². The first-order chi connectivity index (χ1) is 13.6. The molecule has 0 aliphatic heterocycles. The van der Waals surface area contributed by atoms with Crippen molar-refractivity contribution in [3.05, 3.63) is 42.5 Å². The Morgan fingerprint density at radius 3 is 2.68 bits per heavy atom. The maximum atomic E-state index is 9.89. The summed E-state index contributed by atoms with van der Waals surface area (Å²) in [7, 11) is 3.89. The number of rotatable bonds is 8. The van der Waals surface area contributed by atoms with Gasteiger partial charge in [-0.1, -0.05) is 12.1 Å². The molecule has 4 atom stereocenters. The SMILES string of the molecule is COc1cccc(CN(C)C2C[C@H]3CC(O)C[C@H]3C2)c1OCCn1ccnc1. The van der Waals surface area contributed by atoms with Gasteiger partial charge in [-0.15, -0.1) is 0 Å². The van der Waals surface area contributed by atoms with Crippen molar-refractivity contribution in [2.45, 2.75) is 50.9 Å². The van der Waals surface area contributed by atoms with Gasteiger partial charge in [0, 0.05) is 30.5 Å². The van der Waals surface area contributed by atoms with Crippen LogP contribution in [0.5, 0.6) is 11.5 Å². The van der Waals surface area contributed by atoms with Gasteiger partial charge in [-0.3, -0.25) is 4.90 Å². The molecule has 2 aliphatic rings. The monoisotopic (exact) mass is 385 g/mol. The molecule has 2 unspecified atom stereocenters. The molecule has 0 spiro atoms. The van der Waals surface area contributed by atoms with E-state index in [1.165, 1.54) is 12.8 Å². The topological polar surface area (TPSA) is 59.8 Å². The molecular formula is C22H31N3O3. The predicted octanol–water partition coefficient (Wildman–Crippen LogP) is 2.95. The van der Waals surface area contributed by atoms with Gasteiger partial charge in [-0.2, -0.15) is 0 Å². The first-order valence-corrected chi connectivity index (χ1v) is 10.3. The van der Waals surface area contributed by atoms with Crippen molar-refractivity contribution in [2.75, 3.05) is 20.8 Å². The first-order valence-electron chi connectivity index (χ1n) is 10.3. The van der Waals surface area contributed by atoms with Crippen molar-refractivity contribution >= 4 is 0 Å². The fraction of sp³-hybridized carbons (Fsp3) is 0.591. The van der Waals surface area contributed by atoms with Gasteiger partial charge >= 0.3 is 0 Å². The molecule has 1 heterocycles. The molecule has 2 aromatic rings. The lowest BCUT2D eigenvalue weighted by Gasteiger charge is -2.26. The highest BCUT2D eigenvalue weighted by Crippen LogP contribution is 2.46. The third-order valence-corrected chi connectivity index (χ3v) is 6.44. The second-order valence-electron chi connectivity index (χ2n) is 8.28. The number of methoxy groups -OCH3 is 1. The lowest BCUT2D eigenvalue weighted by molar-refractivity contribution is 0.157. The van der Waals surface area contributed by atoms with Crippen molar-refractivity contribution in [3.8, 4) is 11.5 Å². The van der Waals surface area contributed by atoms with E-state index >= 15 is 0 Å². The van der Waals surface area contributed by atoms with E-state index < -0.39 is 0 Å². The van der Waals surface area contributed by atoms with Crippen LogP contribution in [0.4, 0.5) is 0 Å². The van der Waals surface area contributed by atoms with Crippen molar-refractivity contribution in [1.82, 2.24) is 14.5 Å². The van der Waals surface area contributed by atoms with Crippen LogP contribution < -0.4 is 9.47 Å². The first kappa shape index (κ1) is 19.3. The quantitative estimate of drug-likeness (QED) is 0.757. The highest BCUT2D eigenvalue weighted by Gasteiger charge is 2.42. The summed E-state index contributed by atoms with van der Waals surface area (Å²) in [5.41, 5.74) is 1.16. The van der Waals surface area contributed by atoms with Crippen molar-refractivity contribution in [2.24, 2.45) is 11.8 Å². The second kappa shape index (κ2) is 8.53. The molecule has 6 nitrogen and oxygen atoms in total. The fourth-order valence-electron chi connectivity index (χ4n) is 4.99. The van der Waals surface area contributed by atoms with Crippen LogP contribution in [0, 0.1) is 11.8 Å². The van der Waals surface area contributed by atoms with E-state index in [9.17, 15) is 5.11 Å². The number of aliphatic hydroxyl groups excluding tert-OH is 1. The third kappa shape index (κ3) is 4.18. The number of para-hydroxylation sites is 1. The number of fused-ring (bicyclic) bond motifs is 1. The summed E-state index contributed by atoms with van der Waals surface area (Å²) >= 11 is 0. The number of imidazole rings is 1. The molecule has 0 radical (unpaired) electrons. The van der Waals surface area contributed by atoms with E-state index in [1.54, 1.807) is 19.6 Å². The highest BCUT2D eigenvalue weighted by atomic mass is 16.5. The lowest BCUT2D eigenvalue weighted by atomic mass is 10.0. The minimum Gasteiger partial charge on any atom is -0.493 e. The molecule has 1 aromatic heterocycles. The van der Waals surface area contributed by atoms with Crippen molar-refractivity contribution in [1.29, 1.82) is 0 Å². The van der Waals surface area contributed by atoms with Gasteiger partial charge in [0.2, 0.25) is 0 Å². The Balaban J connectivity index is 1.40. The van der Waals surface area contributed by atoms with E-state index in [0.717, 1.165) is 43.0 Å². The maximum Gasteiger partial charge on any atom is 0.165 e. The molecule has 28 heavy (non-hydrogen) atoms. The van der Waals surface area contributed by atoms with Gasteiger partial charge in [0.25, 0.3) is 0 Å². The Morgan fingerprint density at radius 1 is 1.21 bits per heavy atom. The minimum atomic E-state index is -0.0739. The third-order valence-electron chi connectivity index (χ3n) is 6.44. The molecule has 2 aliphatic carbocycles. The zero-order valence-electron chi connectivity index (χ0n) is 16.8. The lowest BCUT2D eigenvalue weighted by Crippen LogP contribution is -2.30. The summed E-state index contributed by atoms with van der Waals surface area (Å²) in [6.07, 6.45) is 9.79. The zero-order chi connectivity index (χ0) is 19.5. The molecule has 4 rings (SSSR count).